The average molecular weight is 262 g/mol. The van der Waals surface area contributed by atoms with Gasteiger partial charge in [0.25, 0.3) is 0 Å². The van der Waals surface area contributed by atoms with Gasteiger partial charge in [0.2, 0.25) is 0 Å². The first kappa shape index (κ1) is 13.4. The van der Waals surface area contributed by atoms with Crippen molar-refractivity contribution in [1.29, 1.82) is 0 Å². The molecule has 0 amide bonds. The molecular formula is C17H26O2. The standard InChI is InChI=1S/C17H26O2/c18-15-11-14-7-4-9-17(14,12-15)10-8-16(19)13-5-2-1-3-6-13/h4,8-10,13-16,18-19H,1-3,5-7,11-12H2/b10-8+/t14?,15?,16-,17?/m1/s1. The lowest BCUT2D eigenvalue weighted by atomic mass is 9.79. The average Bonchev–Trinajstić information content (AvgIpc) is 2.93. The quantitative estimate of drug-likeness (QED) is 0.767. The van der Waals surface area contributed by atoms with Gasteiger partial charge in [-0.25, -0.2) is 0 Å². The fraction of sp³-hybridized carbons (Fsp3) is 0.765. The molecule has 19 heavy (non-hydrogen) atoms. The summed E-state index contributed by atoms with van der Waals surface area (Å²) in [6, 6.07) is 0. The summed E-state index contributed by atoms with van der Waals surface area (Å²) in [5.41, 5.74) is 0.0368. The smallest absolute Gasteiger partial charge is 0.0749 e. The first-order chi connectivity index (χ1) is 9.20. The SMILES string of the molecule is OC1CC2CC=CC2(/C=C/[C@@H](O)C2CCCCC2)C1. The molecule has 0 spiro atoms. The Morgan fingerprint density at radius 2 is 2.00 bits per heavy atom. The fourth-order valence-corrected chi connectivity index (χ4v) is 4.35. The summed E-state index contributed by atoms with van der Waals surface area (Å²) < 4.78 is 0. The summed E-state index contributed by atoms with van der Waals surface area (Å²) in [5, 5.41) is 20.2. The maximum Gasteiger partial charge on any atom is 0.0749 e. The molecular weight excluding hydrogens is 236 g/mol. The Morgan fingerprint density at radius 3 is 2.79 bits per heavy atom. The van der Waals surface area contributed by atoms with Crippen LogP contribution in [-0.4, -0.2) is 22.4 Å². The number of hydrogen-bond acceptors (Lipinski definition) is 2. The first-order valence-electron chi connectivity index (χ1n) is 7.93. The van der Waals surface area contributed by atoms with Crippen LogP contribution in [0.1, 0.15) is 51.4 Å². The topological polar surface area (TPSA) is 40.5 Å². The van der Waals surface area contributed by atoms with Crippen molar-refractivity contribution < 1.29 is 10.2 Å². The van der Waals surface area contributed by atoms with Crippen LogP contribution in [0, 0.1) is 17.3 Å². The van der Waals surface area contributed by atoms with Crippen molar-refractivity contribution in [2.24, 2.45) is 17.3 Å². The zero-order valence-electron chi connectivity index (χ0n) is 11.7. The Balaban J connectivity index is 1.66. The predicted molar refractivity (Wildman–Crippen MR) is 76.6 cm³/mol. The highest BCUT2D eigenvalue weighted by Gasteiger charge is 2.45. The minimum atomic E-state index is -0.290. The third-order valence-electron chi connectivity index (χ3n) is 5.49. The summed E-state index contributed by atoms with van der Waals surface area (Å²) in [6.45, 7) is 0. The van der Waals surface area contributed by atoms with Crippen molar-refractivity contribution in [3.8, 4) is 0 Å². The van der Waals surface area contributed by atoms with Crippen LogP contribution in [0.5, 0.6) is 0 Å². The molecule has 0 saturated heterocycles. The Labute approximate surface area is 116 Å². The third-order valence-corrected chi connectivity index (χ3v) is 5.49. The predicted octanol–water partition coefficient (Wildman–Crippen LogP) is 3.20. The Bertz CT molecular complexity index is 367. The Hall–Kier alpha value is -0.600. The molecule has 2 saturated carbocycles. The molecule has 2 fully saturated rings. The number of aliphatic hydroxyl groups is 2. The lowest BCUT2D eigenvalue weighted by Gasteiger charge is -2.27. The molecule has 2 heteroatoms. The van der Waals surface area contributed by atoms with Crippen molar-refractivity contribution in [3.63, 3.8) is 0 Å². The van der Waals surface area contributed by atoms with Gasteiger partial charge in [-0.1, -0.05) is 43.6 Å². The van der Waals surface area contributed by atoms with Crippen molar-refractivity contribution in [3.05, 3.63) is 24.3 Å². The van der Waals surface area contributed by atoms with Gasteiger partial charge >= 0.3 is 0 Å². The van der Waals surface area contributed by atoms with E-state index in [2.05, 4.69) is 18.2 Å². The second-order valence-corrected chi connectivity index (χ2v) is 6.79. The van der Waals surface area contributed by atoms with Crippen LogP contribution < -0.4 is 0 Å². The summed E-state index contributed by atoms with van der Waals surface area (Å²) in [4.78, 5) is 0. The fourth-order valence-electron chi connectivity index (χ4n) is 4.35. The van der Waals surface area contributed by atoms with E-state index >= 15 is 0 Å². The first-order valence-corrected chi connectivity index (χ1v) is 7.93. The lowest BCUT2D eigenvalue weighted by molar-refractivity contribution is 0.124. The molecule has 4 atom stereocenters. The van der Waals surface area contributed by atoms with Crippen LogP contribution in [0.4, 0.5) is 0 Å². The highest BCUT2D eigenvalue weighted by molar-refractivity contribution is 5.24. The van der Waals surface area contributed by atoms with E-state index in [-0.39, 0.29) is 17.6 Å². The molecule has 0 aromatic carbocycles. The van der Waals surface area contributed by atoms with Gasteiger partial charge < -0.3 is 10.2 Å². The second-order valence-electron chi connectivity index (χ2n) is 6.79. The number of aliphatic hydroxyl groups excluding tert-OH is 2. The molecule has 3 aliphatic rings. The highest BCUT2D eigenvalue weighted by atomic mass is 16.3. The van der Waals surface area contributed by atoms with E-state index in [4.69, 9.17) is 0 Å². The summed E-state index contributed by atoms with van der Waals surface area (Å²) in [5.74, 6) is 1.01. The van der Waals surface area contributed by atoms with E-state index in [0.717, 1.165) is 19.3 Å². The van der Waals surface area contributed by atoms with Crippen LogP contribution in [0.15, 0.2) is 24.3 Å². The third kappa shape index (κ3) is 2.66. The molecule has 3 rings (SSSR count). The van der Waals surface area contributed by atoms with Crippen molar-refractivity contribution >= 4 is 0 Å². The molecule has 0 aromatic rings. The largest absolute Gasteiger partial charge is 0.393 e. The highest BCUT2D eigenvalue weighted by Crippen LogP contribution is 2.51. The van der Waals surface area contributed by atoms with Crippen LogP contribution in [0.2, 0.25) is 0 Å². The van der Waals surface area contributed by atoms with Gasteiger partial charge in [-0.05, 0) is 43.9 Å². The molecule has 3 unspecified atom stereocenters. The van der Waals surface area contributed by atoms with E-state index in [1.54, 1.807) is 0 Å². The monoisotopic (exact) mass is 262 g/mol. The number of fused-ring (bicyclic) bond motifs is 1. The maximum atomic E-state index is 10.3. The Kier molecular flexibility index (Phi) is 3.81. The van der Waals surface area contributed by atoms with Crippen molar-refractivity contribution in [1.82, 2.24) is 0 Å². The number of hydrogen-bond donors (Lipinski definition) is 2. The van der Waals surface area contributed by atoms with E-state index in [1.165, 1.54) is 32.1 Å². The maximum absolute atomic E-state index is 10.3. The molecule has 0 aromatic heterocycles. The van der Waals surface area contributed by atoms with Gasteiger partial charge in [0.1, 0.15) is 0 Å². The van der Waals surface area contributed by atoms with E-state index < -0.39 is 0 Å². The molecule has 0 radical (unpaired) electrons. The van der Waals surface area contributed by atoms with Crippen molar-refractivity contribution in [2.45, 2.75) is 63.6 Å². The van der Waals surface area contributed by atoms with Gasteiger partial charge in [-0.3, -0.25) is 0 Å². The zero-order valence-corrected chi connectivity index (χ0v) is 11.7. The number of allylic oxidation sites excluding steroid dienone is 3. The van der Waals surface area contributed by atoms with Crippen molar-refractivity contribution in [2.75, 3.05) is 0 Å². The van der Waals surface area contributed by atoms with Gasteiger partial charge in [0.15, 0.2) is 0 Å². The van der Waals surface area contributed by atoms with Crippen LogP contribution in [-0.2, 0) is 0 Å². The summed E-state index contributed by atoms with van der Waals surface area (Å²) in [7, 11) is 0. The number of rotatable bonds is 3. The summed E-state index contributed by atoms with van der Waals surface area (Å²) >= 11 is 0. The minimum Gasteiger partial charge on any atom is -0.393 e. The Morgan fingerprint density at radius 1 is 1.21 bits per heavy atom. The molecule has 0 heterocycles. The van der Waals surface area contributed by atoms with E-state index in [0.29, 0.717) is 11.8 Å². The molecule has 3 aliphatic carbocycles. The normalized spacial score (nSPS) is 40.9. The van der Waals surface area contributed by atoms with E-state index in [9.17, 15) is 10.2 Å². The molecule has 0 aliphatic heterocycles. The van der Waals surface area contributed by atoms with E-state index in [1.807, 2.05) is 6.08 Å². The van der Waals surface area contributed by atoms with Gasteiger partial charge in [-0.2, -0.15) is 0 Å². The van der Waals surface area contributed by atoms with Gasteiger partial charge in [-0.15, -0.1) is 0 Å². The lowest BCUT2D eigenvalue weighted by Crippen LogP contribution is -2.23. The molecule has 2 nitrogen and oxygen atoms in total. The molecule has 106 valence electrons. The summed E-state index contributed by atoms with van der Waals surface area (Å²) in [6.07, 6.45) is 17.3. The van der Waals surface area contributed by atoms with Gasteiger partial charge in [0, 0.05) is 5.41 Å². The van der Waals surface area contributed by atoms with Crippen LogP contribution in [0.3, 0.4) is 0 Å². The van der Waals surface area contributed by atoms with Gasteiger partial charge in [0.05, 0.1) is 12.2 Å². The zero-order chi connectivity index (χ0) is 13.3. The van der Waals surface area contributed by atoms with Crippen LogP contribution >= 0.6 is 0 Å². The minimum absolute atomic E-state index is 0.0368. The molecule has 0 bridgehead atoms. The van der Waals surface area contributed by atoms with Crippen LogP contribution in [0.25, 0.3) is 0 Å². The second kappa shape index (κ2) is 5.41. The molecule has 2 N–H and O–H groups in total.